The molecule has 0 spiro atoms. The van der Waals surface area contributed by atoms with E-state index in [0.717, 1.165) is 4.31 Å². The first-order valence-corrected chi connectivity index (χ1v) is 8.01. The van der Waals surface area contributed by atoms with Crippen molar-refractivity contribution in [3.05, 3.63) is 65.5 Å². The summed E-state index contributed by atoms with van der Waals surface area (Å²) in [5.41, 5.74) is 7.10. The highest BCUT2D eigenvalue weighted by Gasteiger charge is 2.19. The van der Waals surface area contributed by atoms with Gasteiger partial charge >= 0.3 is 0 Å². The van der Waals surface area contributed by atoms with E-state index in [1.54, 1.807) is 42.5 Å². The van der Waals surface area contributed by atoms with E-state index in [0.29, 0.717) is 16.8 Å². The Kier molecular flexibility index (Phi) is 4.59. The van der Waals surface area contributed by atoms with E-state index < -0.39 is 15.8 Å². The number of hydrogen-bond acceptors (Lipinski definition) is 3. The van der Waals surface area contributed by atoms with E-state index in [4.69, 9.17) is 5.73 Å². The Morgan fingerprint density at radius 1 is 1.14 bits per heavy atom. The second-order valence-corrected chi connectivity index (χ2v) is 6.92. The van der Waals surface area contributed by atoms with Crippen LogP contribution in [0, 0.1) is 5.82 Å². The Hall–Kier alpha value is -1.92. The quantitative estimate of drug-likeness (QED) is 0.863. The molecule has 2 aromatic carbocycles. The van der Waals surface area contributed by atoms with Gasteiger partial charge in [0.2, 0.25) is 10.0 Å². The van der Waals surface area contributed by atoms with Crippen molar-refractivity contribution in [1.29, 1.82) is 0 Å². The van der Waals surface area contributed by atoms with Crippen molar-refractivity contribution in [2.75, 3.05) is 12.8 Å². The fourth-order valence-electron chi connectivity index (χ4n) is 1.97. The molecule has 0 aliphatic carbocycles. The molecule has 2 rings (SSSR count). The van der Waals surface area contributed by atoms with Crippen molar-refractivity contribution in [3.63, 3.8) is 0 Å². The van der Waals surface area contributed by atoms with Crippen LogP contribution < -0.4 is 5.73 Å². The van der Waals surface area contributed by atoms with Gasteiger partial charge in [0.1, 0.15) is 5.82 Å². The van der Waals surface area contributed by atoms with Gasteiger partial charge in [0.05, 0.1) is 5.75 Å². The van der Waals surface area contributed by atoms with E-state index in [1.165, 1.54) is 13.1 Å². The number of benzene rings is 2. The Bertz CT molecular complexity index is 732. The van der Waals surface area contributed by atoms with Crippen LogP contribution in [0.2, 0.25) is 0 Å². The molecule has 0 aliphatic heterocycles. The molecule has 0 bridgehead atoms. The van der Waals surface area contributed by atoms with Crippen molar-refractivity contribution >= 4 is 15.7 Å². The third kappa shape index (κ3) is 4.03. The molecule has 2 N–H and O–H groups in total. The van der Waals surface area contributed by atoms with Gasteiger partial charge in [-0.15, -0.1) is 0 Å². The summed E-state index contributed by atoms with van der Waals surface area (Å²) in [6, 6.07) is 12.8. The van der Waals surface area contributed by atoms with Gasteiger partial charge in [-0.2, -0.15) is 0 Å². The Labute approximate surface area is 124 Å². The maximum absolute atomic E-state index is 13.6. The number of hydrogen-bond donors (Lipinski definition) is 1. The first-order chi connectivity index (χ1) is 9.88. The zero-order valence-corrected chi connectivity index (χ0v) is 12.5. The third-order valence-electron chi connectivity index (χ3n) is 3.13. The van der Waals surface area contributed by atoms with Gasteiger partial charge in [-0.1, -0.05) is 30.3 Å². The van der Waals surface area contributed by atoms with Gasteiger partial charge in [0, 0.05) is 24.8 Å². The number of rotatable bonds is 5. The smallest absolute Gasteiger partial charge is 0.218 e. The number of anilines is 1. The summed E-state index contributed by atoms with van der Waals surface area (Å²) in [6.07, 6.45) is 0. The third-order valence-corrected chi connectivity index (χ3v) is 4.90. The predicted molar refractivity (Wildman–Crippen MR) is 81.3 cm³/mol. The van der Waals surface area contributed by atoms with Crippen LogP contribution in [0.4, 0.5) is 10.1 Å². The van der Waals surface area contributed by atoms with E-state index >= 15 is 0 Å². The Balaban J connectivity index is 2.14. The fourth-order valence-corrected chi connectivity index (χ4v) is 3.13. The first kappa shape index (κ1) is 15.5. The SMILES string of the molecule is CN(Cc1ccccc1F)S(=O)(=O)Cc1cccc(N)c1. The molecule has 112 valence electrons. The summed E-state index contributed by atoms with van der Waals surface area (Å²) >= 11 is 0. The average molecular weight is 308 g/mol. The molecule has 0 atom stereocenters. The van der Waals surface area contributed by atoms with Gasteiger partial charge in [0.25, 0.3) is 0 Å². The Morgan fingerprint density at radius 2 is 1.86 bits per heavy atom. The highest BCUT2D eigenvalue weighted by Crippen LogP contribution is 2.16. The lowest BCUT2D eigenvalue weighted by molar-refractivity contribution is 0.455. The van der Waals surface area contributed by atoms with Gasteiger partial charge in [-0.25, -0.2) is 17.1 Å². The number of halogens is 1. The molecule has 0 radical (unpaired) electrons. The molecule has 0 fully saturated rings. The molecule has 2 aromatic rings. The van der Waals surface area contributed by atoms with Crippen LogP contribution in [-0.4, -0.2) is 19.8 Å². The number of nitrogens with two attached hydrogens (primary N) is 1. The van der Waals surface area contributed by atoms with E-state index in [-0.39, 0.29) is 12.3 Å². The van der Waals surface area contributed by atoms with Crippen molar-refractivity contribution in [2.24, 2.45) is 0 Å². The summed E-state index contributed by atoms with van der Waals surface area (Å²) in [4.78, 5) is 0. The molecule has 0 amide bonds. The molecule has 0 aromatic heterocycles. The van der Waals surface area contributed by atoms with E-state index in [9.17, 15) is 12.8 Å². The zero-order valence-electron chi connectivity index (χ0n) is 11.7. The minimum atomic E-state index is -3.53. The van der Waals surface area contributed by atoms with Crippen molar-refractivity contribution in [1.82, 2.24) is 4.31 Å². The lowest BCUT2D eigenvalue weighted by Crippen LogP contribution is -2.28. The van der Waals surface area contributed by atoms with E-state index in [1.807, 2.05) is 0 Å². The Morgan fingerprint density at radius 3 is 2.52 bits per heavy atom. The number of nitrogens with zero attached hydrogens (tertiary/aromatic N) is 1. The van der Waals surface area contributed by atoms with Crippen molar-refractivity contribution < 1.29 is 12.8 Å². The van der Waals surface area contributed by atoms with Crippen molar-refractivity contribution in [3.8, 4) is 0 Å². The summed E-state index contributed by atoms with van der Waals surface area (Å²) < 4.78 is 39.3. The minimum absolute atomic E-state index is 0.00266. The second kappa shape index (κ2) is 6.24. The molecule has 4 nitrogen and oxygen atoms in total. The van der Waals surface area contributed by atoms with Crippen LogP contribution in [0.1, 0.15) is 11.1 Å². The largest absolute Gasteiger partial charge is 0.399 e. The molecule has 21 heavy (non-hydrogen) atoms. The molecule has 0 unspecified atom stereocenters. The minimum Gasteiger partial charge on any atom is -0.399 e. The molecular formula is C15H17FN2O2S. The molecule has 0 aliphatic rings. The second-order valence-electron chi connectivity index (χ2n) is 4.85. The summed E-state index contributed by atoms with van der Waals surface area (Å²) in [5.74, 6) is -0.577. The van der Waals surface area contributed by atoms with Crippen LogP contribution in [0.3, 0.4) is 0 Å². The molecule has 0 saturated heterocycles. The van der Waals surface area contributed by atoms with Crippen LogP contribution in [-0.2, 0) is 22.3 Å². The normalized spacial score (nSPS) is 11.8. The van der Waals surface area contributed by atoms with Crippen LogP contribution in [0.15, 0.2) is 48.5 Å². The monoisotopic (exact) mass is 308 g/mol. The maximum Gasteiger partial charge on any atom is 0.218 e. The molecule has 0 heterocycles. The topological polar surface area (TPSA) is 63.4 Å². The number of sulfonamides is 1. The van der Waals surface area contributed by atoms with Crippen LogP contribution >= 0.6 is 0 Å². The summed E-state index contributed by atoms with van der Waals surface area (Å²) in [7, 11) is -2.10. The molecule has 0 saturated carbocycles. The van der Waals surface area contributed by atoms with Crippen molar-refractivity contribution in [2.45, 2.75) is 12.3 Å². The predicted octanol–water partition coefficient (Wildman–Crippen LogP) is 2.37. The van der Waals surface area contributed by atoms with Gasteiger partial charge in [-0.05, 0) is 23.8 Å². The standard InChI is InChI=1S/C15H17FN2O2S/c1-18(10-13-6-2-3-8-15(13)16)21(19,20)11-12-5-4-7-14(17)9-12/h2-9H,10-11,17H2,1H3. The summed E-state index contributed by atoms with van der Waals surface area (Å²) in [5, 5.41) is 0. The molecular weight excluding hydrogens is 291 g/mol. The molecule has 6 heteroatoms. The average Bonchev–Trinajstić information content (AvgIpc) is 2.40. The van der Waals surface area contributed by atoms with Crippen LogP contribution in [0.5, 0.6) is 0 Å². The lowest BCUT2D eigenvalue weighted by Gasteiger charge is -2.17. The highest BCUT2D eigenvalue weighted by molar-refractivity contribution is 7.88. The number of nitrogen functional groups attached to an aromatic ring is 1. The van der Waals surface area contributed by atoms with Gasteiger partial charge < -0.3 is 5.73 Å². The zero-order chi connectivity index (χ0) is 15.5. The lowest BCUT2D eigenvalue weighted by atomic mass is 10.2. The first-order valence-electron chi connectivity index (χ1n) is 6.40. The van der Waals surface area contributed by atoms with Crippen LogP contribution in [0.25, 0.3) is 0 Å². The van der Waals surface area contributed by atoms with E-state index in [2.05, 4.69) is 0 Å². The fraction of sp³-hybridized carbons (Fsp3) is 0.200. The maximum atomic E-state index is 13.6. The summed E-state index contributed by atoms with van der Waals surface area (Å²) in [6.45, 7) is -0.00266. The highest BCUT2D eigenvalue weighted by atomic mass is 32.2. The van der Waals surface area contributed by atoms with Gasteiger partial charge in [-0.3, -0.25) is 0 Å². The van der Waals surface area contributed by atoms with Gasteiger partial charge in [0.15, 0.2) is 0 Å².